The summed E-state index contributed by atoms with van der Waals surface area (Å²) in [4.78, 5) is 10.8. The third kappa shape index (κ3) is 6.09. The third-order valence-electron chi connectivity index (χ3n) is 12.1. The second-order valence-electron chi connectivity index (χ2n) is 15.7. The van der Waals surface area contributed by atoms with Gasteiger partial charge in [0.1, 0.15) is 0 Å². The number of aromatic nitrogens is 2. The van der Waals surface area contributed by atoms with Gasteiger partial charge in [-0.25, -0.2) is 9.97 Å². The van der Waals surface area contributed by atoms with E-state index in [0.717, 1.165) is 55.9 Å². The van der Waals surface area contributed by atoms with Crippen molar-refractivity contribution in [2.24, 2.45) is 0 Å². The topological polar surface area (TPSA) is 25.8 Å². The summed E-state index contributed by atoms with van der Waals surface area (Å²) in [5.41, 5.74) is 11.8. The summed E-state index contributed by atoms with van der Waals surface area (Å²) in [5, 5.41) is 10.1. The number of benzene rings is 10. The van der Waals surface area contributed by atoms with Gasteiger partial charge in [-0.1, -0.05) is 188 Å². The van der Waals surface area contributed by atoms with Gasteiger partial charge in [0.05, 0.1) is 11.4 Å². The number of fused-ring (bicyclic) bond motifs is 7. The zero-order valence-electron chi connectivity index (χ0n) is 33.1. The lowest BCUT2D eigenvalue weighted by Gasteiger charge is -2.16. The van der Waals surface area contributed by atoms with Crippen molar-refractivity contribution in [3.63, 3.8) is 0 Å². The molecule has 3 heteroatoms. The van der Waals surface area contributed by atoms with E-state index in [9.17, 15) is 0 Å². The highest BCUT2D eigenvalue weighted by Gasteiger charge is 2.18. The first-order chi connectivity index (χ1) is 30.2. The number of hydrogen-bond donors (Lipinski definition) is 0. The third-order valence-corrected chi connectivity index (χ3v) is 13.3. The maximum atomic E-state index is 5.42. The second kappa shape index (κ2) is 14.5. The summed E-state index contributed by atoms with van der Waals surface area (Å²) in [6.07, 6.45) is 0. The fraction of sp³-hybridized carbons (Fsp3) is 0. The summed E-state index contributed by atoms with van der Waals surface area (Å²) in [5.74, 6) is 0.685. The van der Waals surface area contributed by atoms with Gasteiger partial charge in [0.15, 0.2) is 5.82 Å². The fourth-order valence-electron chi connectivity index (χ4n) is 9.20. The highest BCUT2D eigenvalue weighted by molar-refractivity contribution is 7.25. The maximum absolute atomic E-state index is 5.42. The molecule has 0 saturated heterocycles. The molecule has 0 amide bonds. The van der Waals surface area contributed by atoms with Crippen LogP contribution in [-0.2, 0) is 0 Å². The average Bonchev–Trinajstić information content (AvgIpc) is 3.71. The first-order valence-corrected chi connectivity index (χ1v) is 21.5. The summed E-state index contributed by atoms with van der Waals surface area (Å²) >= 11 is 1.84. The lowest BCUT2D eigenvalue weighted by molar-refractivity contribution is 1.18. The van der Waals surface area contributed by atoms with Gasteiger partial charge in [0.25, 0.3) is 0 Å². The van der Waals surface area contributed by atoms with Gasteiger partial charge in [0, 0.05) is 36.9 Å². The molecule has 284 valence electrons. The van der Waals surface area contributed by atoms with E-state index in [-0.39, 0.29) is 0 Å². The van der Waals surface area contributed by atoms with Crippen LogP contribution in [0.25, 0.3) is 120 Å². The van der Waals surface area contributed by atoms with Crippen LogP contribution >= 0.6 is 11.3 Å². The van der Waals surface area contributed by atoms with Crippen molar-refractivity contribution in [3.05, 3.63) is 218 Å². The van der Waals surface area contributed by atoms with E-state index in [2.05, 4.69) is 218 Å². The molecule has 0 saturated carbocycles. The molecule has 12 rings (SSSR count). The molecule has 0 atom stereocenters. The first-order valence-electron chi connectivity index (χ1n) is 20.7. The van der Waals surface area contributed by atoms with Crippen LogP contribution in [0.15, 0.2) is 218 Å². The normalized spacial score (nSPS) is 11.6. The smallest absolute Gasteiger partial charge is 0.160 e. The Hall–Kier alpha value is -7.72. The van der Waals surface area contributed by atoms with E-state index in [1.54, 1.807) is 0 Å². The van der Waals surface area contributed by atoms with Crippen molar-refractivity contribution in [1.29, 1.82) is 0 Å². The maximum Gasteiger partial charge on any atom is 0.160 e. The molecular weight excluding hydrogens is 757 g/mol. The number of thiophene rings is 1. The molecule has 0 radical (unpaired) electrons. The minimum absolute atomic E-state index is 0.685. The molecule has 0 unspecified atom stereocenters. The van der Waals surface area contributed by atoms with Crippen LogP contribution in [-0.4, -0.2) is 9.97 Å². The molecule has 0 spiro atoms. The van der Waals surface area contributed by atoms with Crippen LogP contribution in [0.2, 0.25) is 0 Å². The van der Waals surface area contributed by atoms with Crippen LogP contribution in [0, 0.1) is 0 Å². The van der Waals surface area contributed by atoms with E-state index < -0.39 is 0 Å². The molecule has 0 fully saturated rings. The van der Waals surface area contributed by atoms with E-state index in [0.29, 0.717) is 5.82 Å². The first kappa shape index (κ1) is 35.2. The van der Waals surface area contributed by atoms with Crippen LogP contribution < -0.4 is 0 Å². The summed E-state index contributed by atoms with van der Waals surface area (Å²) in [6, 6.07) is 78.7. The van der Waals surface area contributed by atoms with Crippen molar-refractivity contribution < 1.29 is 0 Å². The minimum Gasteiger partial charge on any atom is -0.228 e. The van der Waals surface area contributed by atoms with E-state index in [1.165, 1.54) is 58.1 Å². The summed E-state index contributed by atoms with van der Waals surface area (Å²) in [7, 11) is 0. The molecule has 0 aliphatic heterocycles. The predicted molar refractivity (Wildman–Crippen MR) is 260 cm³/mol. The van der Waals surface area contributed by atoms with Gasteiger partial charge in [-0.15, -0.1) is 11.3 Å². The van der Waals surface area contributed by atoms with Crippen molar-refractivity contribution in [2.45, 2.75) is 0 Å². The predicted octanol–water partition coefficient (Wildman–Crippen LogP) is 16.3. The molecule has 10 aromatic carbocycles. The van der Waals surface area contributed by atoms with E-state index in [1.807, 2.05) is 11.3 Å². The van der Waals surface area contributed by atoms with Gasteiger partial charge in [-0.05, 0) is 96.0 Å². The Morgan fingerprint density at radius 2 is 0.836 bits per heavy atom. The molecule has 0 aliphatic rings. The second-order valence-corrected chi connectivity index (χ2v) is 16.7. The monoisotopic (exact) mass is 792 g/mol. The molecule has 0 aliphatic carbocycles. The van der Waals surface area contributed by atoms with E-state index in [4.69, 9.17) is 9.97 Å². The zero-order chi connectivity index (χ0) is 40.3. The fourth-order valence-corrected chi connectivity index (χ4v) is 10.3. The molecule has 0 bridgehead atoms. The summed E-state index contributed by atoms with van der Waals surface area (Å²) < 4.78 is 2.60. The molecule has 61 heavy (non-hydrogen) atoms. The molecule has 12 aromatic rings. The molecule has 2 nitrogen and oxygen atoms in total. The van der Waals surface area contributed by atoms with Gasteiger partial charge in [-0.2, -0.15) is 0 Å². The van der Waals surface area contributed by atoms with Gasteiger partial charge in [-0.3, -0.25) is 0 Å². The van der Waals surface area contributed by atoms with Crippen molar-refractivity contribution in [1.82, 2.24) is 9.97 Å². The Balaban J connectivity index is 1.04. The minimum atomic E-state index is 0.685. The SMILES string of the molecule is c1ccc(-c2ccccc2-c2cc(-c3ccccc3-c3ccc4sc5ccccc5c4c3)nc(-c3ccc(-c4c5ccccc5cc5c4ccc4ccccc45)cc3)n2)cc1. The highest BCUT2D eigenvalue weighted by Crippen LogP contribution is 2.42. The van der Waals surface area contributed by atoms with Gasteiger partial charge in [0.2, 0.25) is 0 Å². The Labute approximate surface area is 357 Å². The van der Waals surface area contributed by atoms with Crippen LogP contribution in [0.1, 0.15) is 0 Å². The average molecular weight is 793 g/mol. The Morgan fingerprint density at radius 1 is 0.279 bits per heavy atom. The van der Waals surface area contributed by atoms with Gasteiger partial charge < -0.3 is 0 Å². The van der Waals surface area contributed by atoms with E-state index >= 15 is 0 Å². The number of rotatable bonds is 6. The van der Waals surface area contributed by atoms with Crippen molar-refractivity contribution in [3.8, 4) is 67.3 Å². The Kier molecular flexibility index (Phi) is 8.39. The van der Waals surface area contributed by atoms with Crippen molar-refractivity contribution >= 4 is 63.8 Å². The van der Waals surface area contributed by atoms with Crippen LogP contribution in [0.3, 0.4) is 0 Å². The molecular formula is C58H36N2S. The van der Waals surface area contributed by atoms with Crippen LogP contribution in [0.5, 0.6) is 0 Å². The van der Waals surface area contributed by atoms with Gasteiger partial charge >= 0.3 is 0 Å². The number of nitrogens with zero attached hydrogens (tertiary/aromatic N) is 2. The quantitative estimate of drug-likeness (QED) is 0.124. The molecule has 2 aromatic heterocycles. The number of hydrogen-bond acceptors (Lipinski definition) is 3. The lowest BCUT2D eigenvalue weighted by Crippen LogP contribution is -1.98. The summed E-state index contributed by atoms with van der Waals surface area (Å²) in [6.45, 7) is 0. The largest absolute Gasteiger partial charge is 0.228 e. The molecule has 2 heterocycles. The standard InChI is InChI=1S/C58H36N2S/c1-2-14-37(15-3-1)43-18-8-10-22-47(43)53-36-54(48-23-11-9-20-45(48)42-31-33-56-52(35-42)49-24-12-13-25-55(49)61-56)60-58(59-53)40-28-26-39(27-29-40)57-46-21-7-5-17-41(46)34-51-44-19-6-4-16-38(44)30-32-50(51)57/h1-36H. The zero-order valence-corrected chi connectivity index (χ0v) is 33.9. The Bertz CT molecular complexity index is 3640. The Morgan fingerprint density at radius 3 is 1.59 bits per heavy atom. The lowest BCUT2D eigenvalue weighted by atomic mass is 9.89. The van der Waals surface area contributed by atoms with Crippen molar-refractivity contribution in [2.75, 3.05) is 0 Å². The molecule has 0 N–H and O–H groups in total. The van der Waals surface area contributed by atoms with Crippen LogP contribution in [0.4, 0.5) is 0 Å². The highest BCUT2D eigenvalue weighted by atomic mass is 32.1.